The highest BCUT2D eigenvalue weighted by molar-refractivity contribution is 7.15. The van der Waals surface area contributed by atoms with E-state index in [0.29, 0.717) is 24.8 Å². The van der Waals surface area contributed by atoms with E-state index in [9.17, 15) is 4.79 Å². The van der Waals surface area contributed by atoms with E-state index < -0.39 is 6.04 Å². The number of amides is 1. The van der Waals surface area contributed by atoms with Gasteiger partial charge >= 0.3 is 0 Å². The lowest BCUT2D eigenvalue weighted by atomic mass is 10.1. The molecule has 7 nitrogen and oxygen atoms in total. The molecule has 0 saturated carbocycles. The monoisotopic (exact) mass is 455 g/mol. The SMILES string of the molecule is Cl.Cl.N[C@@H](Cc1cn(Cc2ccccc2)cn1)C(=O)Nc1nc2c(s1)COCC2. The third-order valence-electron chi connectivity index (χ3n) is 4.39. The van der Waals surface area contributed by atoms with Gasteiger partial charge in [0.1, 0.15) is 0 Å². The molecule has 3 aromatic rings. The van der Waals surface area contributed by atoms with Crippen molar-refractivity contribution in [1.82, 2.24) is 14.5 Å². The van der Waals surface area contributed by atoms with Crippen LogP contribution in [-0.2, 0) is 35.5 Å². The maximum absolute atomic E-state index is 12.4. The highest BCUT2D eigenvalue weighted by Crippen LogP contribution is 2.27. The predicted octanol–water partition coefficient (Wildman–Crippen LogP) is 2.81. The lowest BCUT2D eigenvalue weighted by Gasteiger charge is -2.09. The summed E-state index contributed by atoms with van der Waals surface area (Å²) in [6, 6.07) is 9.47. The highest BCUT2D eigenvalue weighted by Gasteiger charge is 2.20. The fourth-order valence-corrected chi connectivity index (χ4v) is 3.94. The summed E-state index contributed by atoms with van der Waals surface area (Å²) in [7, 11) is 0. The average molecular weight is 456 g/mol. The Hall–Kier alpha value is -1.97. The molecule has 0 radical (unpaired) electrons. The number of ether oxygens (including phenoxy) is 1. The number of nitrogens with zero attached hydrogens (tertiary/aromatic N) is 3. The number of aromatic nitrogens is 3. The van der Waals surface area contributed by atoms with Crippen LogP contribution in [-0.4, -0.2) is 33.1 Å². The van der Waals surface area contributed by atoms with Crippen molar-refractivity contribution in [3.05, 3.63) is 64.7 Å². The lowest BCUT2D eigenvalue weighted by Crippen LogP contribution is -2.37. The van der Waals surface area contributed by atoms with Crippen molar-refractivity contribution >= 4 is 47.2 Å². The van der Waals surface area contributed by atoms with E-state index in [2.05, 4.69) is 27.4 Å². The molecule has 0 spiro atoms. The minimum atomic E-state index is -0.678. The molecule has 0 saturated heterocycles. The van der Waals surface area contributed by atoms with Crippen molar-refractivity contribution in [2.24, 2.45) is 5.73 Å². The van der Waals surface area contributed by atoms with Crippen molar-refractivity contribution in [3.8, 4) is 0 Å². The first-order valence-corrected chi connectivity index (χ1v) is 9.66. The first-order chi connectivity index (χ1) is 13.2. The van der Waals surface area contributed by atoms with Crippen LogP contribution in [0.4, 0.5) is 5.13 Å². The molecule has 2 aromatic heterocycles. The minimum Gasteiger partial charge on any atom is -0.375 e. The molecule has 1 aromatic carbocycles. The molecule has 1 amide bonds. The molecule has 0 aliphatic carbocycles. The average Bonchev–Trinajstić information content (AvgIpc) is 3.28. The first-order valence-electron chi connectivity index (χ1n) is 8.85. The van der Waals surface area contributed by atoms with Crippen LogP contribution in [0.3, 0.4) is 0 Å². The van der Waals surface area contributed by atoms with Crippen molar-refractivity contribution in [1.29, 1.82) is 0 Å². The fourth-order valence-electron chi connectivity index (χ4n) is 2.99. The largest absolute Gasteiger partial charge is 0.375 e. The number of rotatable bonds is 6. The maximum atomic E-state index is 12.4. The second-order valence-corrected chi connectivity index (χ2v) is 7.60. The topological polar surface area (TPSA) is 95.1 Å². The summed E-state index contributed by atoms with van der Waals surface area (Å²) in [5.41, 5.74) is 9.07. The van der Waals surface area contributed by atoms with Gasteiger partial charge in [0.15, 0.2) is 5.13 Å². The summed E-state index contributed by atoms with van der Waals surface area (Å²) in [4.78, 5) is 22.3. The molecule has 1 aliphatic rings. The van der Waals surface area contributed by atoms with Crippen LogP contribution in [0.15, 0.2) is 42.9 Å². The first kappa shape index (κ1) is 23.3. The number of carbonyl (C=O) groups is 1. The molecule has 4 rings (SSSR count). The Bertz CT molecular complexity index is 908. The molecule has 10 heteroatoms. The lowest BCUT2D eigenvalue weighted by molar-refractivity contribution is -0.117. The molecule has 29 heavy (non-hydrogen) atoms. The Balaban J connectivity index is 0.00000150. The third kappa shape index (κ3) is 6.01. The van der Waals surface area contributed by atoms with Gasteiger partial charge in [-0.25, -0.2) is 9.97 Å². The van der Waals surface area contributed by atoms with Gasteiger partial charge in [-0.1, -0.05) is 41.7 Å². The Kier molecular flexibility index (Phi) is 8.60. The predicted molar refractivity (Wildman–Crippen MR) is 118 cm³/mol. The summed E-state index contributed by atoms with van der Waals surface area (Å²) in [5.74, 6) is -0.250. The molecule has 0 unspecified atom stereocenters. The number of benzene rings is 1. The van der Waals surface area contributed by atoms with Crippen LogP contribution in [0.5, 0.6) is 0 Å². The number of nitrogens with one attached hydrogen (secondary N) is 1. The Labute approximate surface area is 185 Å². The number of anilines is 1. The van der Waals surface area contributed by atoms with Crippen LogP contribution in [0.1, 0.15) is 21.8 Å². The Morgan fingerprint density at radius 1 is 1.31 bits per heavy atom. The Morgan fingerprint density at radius 2 is 2.10 bits per heavy atom. The summed E-state index contributed by atoms with van der Waals surface area (Å²) < 4.78 is 7.40. The summed E-state index contributed by atoms with van der Waals surface area (Å²) in [6.45, 7) is 1.98. The summed E-state index contributed by atoms with van der Waals surface area (Å²) in [5, 5.41) is 3.40. The number of fused-ring (bicyclic) bond motifs is 1. The van der Waals surface area contributed by atoms with Gasteiger partial charge in [0.05, 0.1) is 41.8 Å². The van der Waals surface area contributed by atoms with E-state index in [1.165, 1.54) is 16.9 Å². The molecule has 0 bridgehead atoms. The van der Waals surface area contributed by atoms with E-state index in [4.69, 9.17) is 10.5 Å². The van der Waals surface area contributed by atoms with Crippen LogP contribution in [0.25, 0.3) is 0 Å². The second-order valence-electron chi connectivity index (χ2n) is 6.51. The number of hydrogen-bond donors (Lipinski definition) is 2. The standard InChI is InChI=1S/C19H21N5O2S.2ClH/c20-15(18(25)23-19-22-16-6-7-26-11-17(16)27-19)8-14-10-24(12-21-14)9-13-4-2-1-3-5-13;;/h1-5,10,12,15H,6-9,11,20H2,(H,22,23,25);2*1H/t15-;;/m0../s1. The zero-order valence-corrected chi connectivity index (χ0v) is 18.1. The number of hydrogen-bond acceptors (Lipinski definition) is 6. The van der Waals surface area contributed by atoms with E-state index in [1.807, 2.05) is 29.0 Å². The summed E-state index contributed by atoms with van der Waals surface area (Å²) >= 11 is 1.45. The molecule has 156 valence electrons. The molecule has 1 aliphatic heterocycles. The fraction of sp³-hybridized carbons (Fsp3) is 0.316. The van der Waals surface area contributed by atoms with Gasteiger partial charge in [0, 0.05) is 25.6 Å². The van der Waals surface area contributed by atoms with Gasteiger partial charge in [0.25, 0.3) is 0 Å². The van der Waals surface area contributed by atoms with Crippen molar-refractivity contribution in [2.75, 3.05) is 11.9 Å². The van der Waals surface area contributed by atoms with Gasteiger partial charge < -0.3 is 20.4 Å². The van der Waals surface area contributed by atoms with E-state index in [-0.39, 0.29) is 30.7 Å². The zero-order chi connectivity index (χ0) is 18.6. The quantitative estimate of drug-likeness (QED) is 0.595. The van der Waals surface area contributed by atoms with Gasteiger partial charge in [-0.15, -0.1) is 24.8 Å². The van der Waals surface area contributed by atoms with E-state index >= 15 is 0 Å². The van der Waals surface area contributed by atoms with Crippen molar-refractivity contribution in [3.63, 3.8) is 0 Å². The number of halogens is 2. The number of thiazole rings is 1. The van der Waals surface area contributed by atoms with Gasteiger partial charge in [-0.05, 0) is 5.56 Å². The normalized spacial score (nSPS) is 13.6. The Morgan fingerprint density at radius 3 is 2.86 bits per heavy atom. The van der Waals surface area contributed by atoms with Gasteiger partial charge in [-0.2, -0.15) is 0 Å². The minimum absolute atomic E-state index is 0. The van der Waals surface area contributed by atoms with Crippen LogP contribution >= 0.6 is 36.2 Å². The van der Waals surface area contributed by atoms with Crippen LogP contribution in [0, 0.1) is 0 Å². The highest BCUT2D eigenvalue weighted by atomic mass is 35.5. The third-order valence-corrected chi connectivity index (χ3v) is 5.37. The van der Waals surface area contributed by atoms with Crippen molar-refractivity contribution < 1.29 is 9.53 Å². The zero-order valence-electron chi connectivity index (χ0n) is 15.6. The molecule has 3 N–H and O–H groups in total. The molecule has 3 heterocycles. The molecule has 1 atom stereocenters. The van der Waals surface area contributed by atoms with Crippen molar-refractivity contribution in [2.45, 2.75) is 32.0 Å². The van der Waals surface area contributed by atoms with E-state index in [0.717, 1.165) is 29.2 Å². The number of imidazole rings is 1. The van der Waals surface area contributed by atoms with Gasteiger partial charge in [0.2, 0.25) is 5.91 Å². The smallest absolute Gasteiger partial charge is 0.243 e. The second kappa shape index (κ2) is 10.7. The number of nitrogens with two attached hydrogens (primary N) is 1. The van der Waals surface area contributed by atoms with Crippen LogP contribution in [0.2, 0.25) is 0 Å². The molecule has 0 fully saturated rings. The maximum Gasteiger partial charge on any atom is 0.243 e. The summed E-state index contributed by atoms with van der Waals surface area (Å²) in [6.07, 6.45) is 4.86. The number of carbonyl (C=O) groups excluding carboxylic acids is 1. The van der Waals surface area contributed by atoms with E-state index in [1.54, 1.807) is 6.33 Å². The van der Waals surface area contributed by atoms with Gasteiger partial charge in [-0.3, -0.25) is 4.79 Å². The van der Waals surface area contributed by atoms with Crippen LogP contribution < -0.4 is 11.1 Å². The molecular formula is C19H23Cl2N5O2S. The molecular weight excluding hydrogens is 433 g/mol.